The Bertz CT molecular complexity index is 918. The minimum atomic E-state index is -0.523. The molecule has 9 nitrogen and oxygen atoms in total. The second kappa shape index (κ2) is 17.7. The number of aliphatic hydroxyl groups is 1. The van der Waals surface area contributed by atoms with Crippen LogP contribution in [0.4, 0.5) is 0 Å². The Labute approximate surface area is 207 Å². The number of carbonyl (C=O) groups is 2. The molecule has 2 atom stereocenters. The van der Waals surface area contributed by atoms with Crippen molar-refractivity contribution >= 4 is 23.7 Å². The molecular weight excluding hydrogens is 452 g/mol. The van der Waals surface area contributed by atoms with Crippen molar-refractivity contribution in [3.05, 3.63) is 71.8 Å². The number of aliphatic imine (C=N–C) groups is 1. The van der Waals surface area contributed by atoms with Gasteiger partial charge in [0.1, 0.15) is 6.61 Å². The van der Waals surface area contributed by atoms with E-state index in [9.17, 15) is 9.59 Å². The number of methoxy groups -OCH3 is 2. The van der Waals surface area contributed by atoms with Crippen molar-refractivity contribution in [3.8, 4) is 0 Å². The summed E-state index contributed by atoms with van der Waals surface area (Å²) in [6.45, 7) is 4.14. The quantitative estimate of drug-likeness (QED) is 0.362. The molecule has 0 spiro atoms. The molecule has 0 amide bonds. The highest BCUT2D eigenvalue weighted by molar-refractivity contribution is 5.97. The first-order valence-corrected chi connectivity index (χ1v) is 10.7. The molecule has 0 bridgehead atoms. The van der Waals surface area contributed by atoms with Gasteiger partial charge in [0.2, 0.25) is 11.8 Å². The average molecular weight is 489 g/mol. The predicted octanol–water partition coefficient (Wildman–Crippen LogP) is 3.48. The fraction of sp³-hybridized carbons (Fsp3) is 0.385. The van der Waals surface area contributed by atoms with E-state index in [0.29, 0.717) is 12.5 Å². The van der Waals surface area contributed by atoms with Gasteiger partial charge in [-0.05, 0) is 38.1 Å². The summed E-state index contributed by atoms with van der Waals surface area (Å²) in [5.74, 6) is -0.368. The van der Waals surface area contributed by atoms with Crippen LogP contribution in [0.1, 0.15) is 32.4 Å². The molecule has 0 fully saturated rings. The molecule has 1 aliphatic heterocycles. The van der Waals surface area contributed by atoms with Crippen molar-refractivity contribution < 1.29 is 33.6 Å². The third-order valence-electron chi connectivity index (χ3n) is 4.35. The smallest absolute Gasteiger partial charge is 0.334 e. The van der Waals surface area contributed by atoms with Crippen LogP contribution in [0.3, 0.4) is 0 Å². The van der Waals surface area contributed by atoms with Crippen molar-refractivity contribution in [3.63, 3.8) is 0 Å². The fourth-order valence-corrected chi connectivity index (χ4v) is 2.46. The van der Waals surface area contributed by atoms with E-state index in [1.54, 1.807) is 6.92 Å². The van der Waals surface area contributed by atoms with E-state index in [2.05, 4.69) is 14.5 Å². The van der Waals surface area contributed by atoms with E-state index in [-0.39, 0.29) is 44.4 Å². The molecule has 0 aromatic heterocycles. The van der Waals surface area contributed by atoms with Crippen LogP contribution in [0.5, 0.6) is 0 Å². The molecule has 9 heteroatoms. The van der Waals surface area contributed by atoms with Crippen LogP contribution < -0.4 is 0 Å². The zero-order valence-corrected chi connectivity index (χ0v) is 19.9. The lowest BCUT2D eigenvalue weighted by Crippen LogP contribution is -2.21. The van der Waals surface area contributed by atoms with Crippen LogP contribution in [0.15, 0.2) is 65.7 Å². The van der Waals surface area contributed by atoms with Gasteiger partial charge in [0.05, 0.1) is 33.4 Å². The van der Waals surface area contributed by atoms with Gasteiger partial charge in [-0.1, -0.05) is 43.8 Å². The van der Waals surface area contributed by atoms with Gasteiger partial charge in [0, 0.05) is 11.1 Å². The topological polar surface area (TPSA) is 128 Å². The SMILES string of the molecule is C.CCOC(=N)c1ccccc1.COC(=O)C1COC(c2ccccc2)=N1.COC(=O)[C@H](C)CO. The minimum Gasteiger partial charge on any atom is -0.478 e. The number of rotatable bonds is 6. The van der Waals surface area contributed by atoms with E-state index in [1.807, 2.05) is 67.6 Å². The van der Waals surface area contributed by atoms with Crippen LogP contribution in [-0.4, -0.2) is 68.9 Å². The lowest BCUT2D eigenvalue weighted by atomic mass is 10.2. The average Bonchev–Trinajstić information content (AvgIpc) is 3.39. The summed E-state index contributed by atoms with van der Waals surface area (Å²) >= 11 is 0. The maximum atomic E-state index is 11.2. The fourth-order valence-electron chi connectivity index (χ4n) is 2.46. The summed E-state index contributed by atoms with van der Waals surface area (Å²) < 4.78 is 19.2. The van der Waals surface area contributed by atoms with Gasteiger partial charge in [-0.3, -0.25) is 10.2 Å². The molecular formula is C26H36N2O7. The maximum Gasteiger partial charge on any atom is 0.334 e. The molecule has 3 rings (SSSR count). The Balaban J connectivity index is 0.000000516. The highest BCUT2D eigenvalue weighted by atomic mass is 16.5. The van der Waals surface area contributed by atoms with Crippen LogP contribution in [0.25, 0.3) is 0 Å². The van der Waals surface area contributed by atoms with E-state index in [4.69, 9.17) is 20.0 Å². The molecule has 2 N–H and O–H groups in total. The number of hydrogen-bond acceptors (Lipinski definition) is 9. The molecule has 1 heterocycles. The van der Waals surface area contributed by atoms with Crippen molar-refractivity contribution in [1.82, 2.24) is 0 Å². The van der Waals surface area contributed by atoms with Crippen LogP contribution >= 0.6 is 0 Å². The second-order valence-electron chi connectivity index (χ2n) is 6.89. The molecule has 1 unspecified atom stereocenters. The Morgan fingerprint density at radius 2 is 1.66 bits per heavy atom. The zero-order chi connectivity index (χ0) is 25.3. The number of aliphatic hydroxyl groups excluding tert-OH is 1. The molecule has 0 saturated carbocycles. The Hall–Kier alpha value is -3.72. The van der Waals surface area contributed by atoms with Gasteiger partial charge in [-0.25, -0.2) is 9.79 Å². The number of nitrogens with zero attached hydrogens (tertiary/aromatic N) is 1. The molecule has 0 saturated heterocycles. The summed E-state index contributed by atoms with van der Waals surface area (Å²) in [4.78, 5) is 25.7. The molecule has 1 aliphatic rings. The first-order chi connectivity index (χ1) is 16.4. The normalized spacial score (nSPS) is 14.1. The van der Waals surface area contributed by atoms with Crippen LogP contribution in [0, 0.1) is 11.3 Å². The van der Waals surface area contributed by atoms with Gasteiger partial charge in [-0.15, -0.1) is 0 Å². The van der Waals surface area contributed by atoms with Gasteiger partial charge in [-0.2, -0.15) is 0 Å². The Morgan fingerprint density at radius 1 is 1.09 bits per heavy atom. The zero-order valence-electron chi connectivity index (χ0n) is 19.9. The second-order valence-corrected chi connectivity index (χ2v) is 6.89. The number of hydrogen-bond donors (Lipinski definition) is 2. The first-order valence-electron chi connectivity index (χ1n) is 10.7. The number of carbonyl (C=O) groups excluding carboxylic acids is 2. The summed E-state index contributed by atoms with van der Waals surface area (Å²) in [5, 5.41) is 15.7. The molecule has 0 radical (unpaired) electrons. The number of nitrogens with one attached hydrogen (secondary N) is 1. The maximum absolute atomic E-state index is 11.2. The van der Waals surface area contributed by atoms with Crippen molar-refractivity contribution in [2.75, 3.05) is 34.0 Å². The van der Waals surface area contributed by atoms with Crippen molar-refractivity contribution in [2.45, 2.75) is 27.3 Å². The van der Waals surface area contributed by atoms with Gasteiger partial charge in [0.15, 0.2) is 6.04 Å². The molecule has 35 heavy (non-hydrogen) atoms. The lowest BCUT2D eigenvalue weighted by molar-refractivity contribution is -0.146. The largest absolute Gasteiger partial charge is 0.478 e. The monoisotopic (exact) mass is 488 g/mol. The predicted molar refractivity (Wildman–Crippen MR) is 135 cm³/mol. The summed E-state index contributed by atoms with van der Waals surface area (Å²) in [6.07, 6.45) is 0. The molecule has 192 valence electrons. The molecule has 0 aliphatic carbocycles. The first kappa shape index (κ1) is 31.3. The molecule has 2 aromatic carbocycles. The lowest BCUT2D eigenvalue weighted by Gasteiger charge is -2.02. The van der Waals surface area contributed by atoms with Crippen molar-refractivity contribution in [2.24, 2.45) is 10.9 Å². The number of ether oxygens (including phenoxy) is 4. The third kappa shape index (κ3) is 11.3. The number of benzene rings is 2. The van der Waals surface area contributed by atoms with Crippen LogP contribution in [0.2, 0.25) is 0 Å². The number of esters is 2. The Morgan fingerprint density at radius 3 is 2.11 bits per heavy atom. The van der Waals surface area contributed by atoms with Gasteiger partial charge in [0.25, 0.3) is 0 Å². The highest BCUT2D eigenvalue weighted by Crippen LogP contribution is 2.12. The summed E-state index contributed by atoms with van der Waals surface area (Å²) in [7, 11) is 2.65. The Kier molecular flexibility index (Phi) is 15.8. The summed E-state index contributed by atoms with van der Waals surface area (Å²) in [6, 6.07) is 18.4. The van der Waals surface area contributed by atoms with E-state index in [1.165, 1.54) is 14.2 Å². The minimum absolute atomic E-state index is 0. The van der Waals surface area contributed by atoms with Gasteiger partial charge >= 0.3 is 11.9 Å². The molecule has 2 aromatic rings. The summed E-state index contributed by atoms with van der Waals surface area (Å²) in [5.41, 5.74) is 1.71. The van der Waals surface area contributed by atoms with E-state index < -0.39 is 6.04 Å². The highest BCUT2D eigenvalue weighted by Gasteiger charge is 2.26. The van der Waals surface area contributed by atoms with E-state index >= 15 is 0 Å². The standard InChI is InChI=1S/C11H11NO3.C9H11NO.C5H10O3.CH4/c1-14-11(13)9-7-15-10(12-9)8-5-3-2-4-6-8;1-2-11-9(10)8-6-4-3-5-7-8;1-4(3-6)5(7)8-2;/h2-6,9H,7H2,1H3;3-7,10H,2H2,1H3;4,6H,3H2,1-2H3;1H4/t;;4-;/m..1./s1. The van der Waals surface area contributed by atoms with Crippen LogP contribution in [-0.2, 0) is 28.5 Å². The third-order valence-corrected chi connectivity index (χ3v) is 4.35. The van der Waals surface area contributed by atoms with Gasteiger partial charge < -0.3 is 24.1 Å². The van der Waals surface area contributed by atoms with E-state index in [0.717, 1.165) is 11.1 Å². The van der Waals surface area contributed by atoms with Crippen molar-refractivity contribution in [1.29, 1.82) is 5.41 Å².